The summed E-state index contributed by atoms with van der Waals surface area (Å²) < 4.78 is 16.6. The van der Waals surface area contributed by atoms with E-state index in [9.17, 15) is 4.39 Å². The quantitative estimate of drug-likeness (QED) is 0.585. The molecule has 0 amide bonds. The molecule has 1 aliphatic heterocycles. The maximum absolute atomic E-state index is 11.9. The largest absolute Gasteiger partial charge is 0.428 e. The number of rotatable bonds is 1. The lowest BCUT2D eigenvalue weighted by molar-refractivity contribution is 0.331. The summed E-state index contributed by atoms with van der Waals surface area (Å²) in [5.74, 6) is 0.250. The van der Waals surface area contributed by atoms with Crippen LogP contribution in [0.2, 0.25) is 0 Å². The molecule has 0 fully saturated rings. The van der Waals surface area contributed by atoms with E-state index in [0.717, 1.165) is 0 Å². The van der Waals surface area contributed by atoms with Crippen LogP contribution in [-0.2, 0) is 4.74 Å². The summed E-state index contributed by atoms with van der Waals surface area (Å²) >= 11 is 0. The topological polar surface area (TPSA) is 47.6 Å². The summed E-state index contributed by atoms with van der Waals surface area (Å²) in [5, 5.41) is 0. The van der Waals surface area contributed by atoms with Crippen molar-refractivity contribution in [2.24, 2.45) is 10.7 Å². The van der Waals surface area contributed by atoms with Crippen molar-refractivity contribution in [3.8, 4) is 0 Å². The van der Waals surface area contributed by atoms with Gasteiger partial charge < -0.3 is 10.5 Å². The third-order valence-corrected chi connectivity index (χ3v) is 1.13. The number of amidine groups is 1. The van der Waals surface area contributed by atoms with E-state index in [-0.39, 0.29) is 17.8 Å². The molecule has 56 valence electrons. The van der Waals surface area contributed by atoms with Crippen molar-refractivity contribution >= 4 is 6.02 Å². The van der Waals surface area contributed by atoms with Crippen molar-refractivity contribution in [3.63, 3.8) is 0 Å². The van der Waals surface area contributed by atoms with Crippen LogP contribution < -0.4 is 5.73 Å². The van der Waals surface area contributed by atoms with Crippen LogP contribution in [0.3, 0.4) is 0 Å². The second kappa shape index (κ2) is 2.68. The Balaban J connectivity index is 2.65. The predicted molar refractivity (Wildman–Crippen MR) is 36.2 cm³/mol. The Hall–Kier alpha value is -1.06. The van der Waals surface area contributed by atoms with Crippen LogP contribution in [0.25, 0.3) is 0 Å². The first kappa shape index (κ1) is 7.05. The highest BCUT2D eigenvalue weighted by atomic mass is 19.1. The SMILES string of the molecule is CC1C=C(CF)OC(N)=N1. The molecule has 0 aromatic carbocycles. The van der Waals surface area contributed by atoms with Gasteiger partial charge >= 0.3 is 0 Å². The van der Waals surface area contributed by atoms with Crippen molar-refractivity contribution < 1.29 is 9.13 Å². The molecule has 4 heteroatoms. The van der Waals surface area contributed by atoms with Gasteiger partial charge in [0.2, 0.25) is 0 Å². The molecule has 1 heterocycles. The van der Waals surface area contributed by atoms with Gasteiger partial charge in [0, 0.05) is 0 Å². The lowest BCUT2D eigenvalue weighted by atomic mass is 10.3. The molecule has 10 heavy (non-hydrogen) atoms. The first-order chi connectivity index (χ1) is 4.72. The van der Waals surface area contributed by atoms with Crippen LogP contribution in [0.1, 0.15) is 6.92 Å². The number of allylic oxidation sites excluding steroid dienone is 1. The molecule has 3 nitrogen and oxygen atoms in total. The Morgan fingerprint density at radius 2 is 2.60 bits per heavy atom. The lowest BCUT2D eigenvalue weighted by Crippen LogP contribution is -2.23. The van der Waals surface area contributed by atoms with E-state index in [1.165, 1.54) is 0 Å². The molecule has 1 atom stereocenters. The lowest BCUT2D eigenvalue weighted by Gasteiger charge is -2.13. The number of ether oxygens (including phenoxy) is 1. The smallest absolute Gasteiger partial charge is 0.287 e. The molecule has 1 aliphatic rings. The first-order valence-corrected chi connectivity index (χ1v) is 3.00. The number of alkyl halides is 1. The zero-order valence-electron chi connectivity index (χ0n) is 5.67. The minimum absolute atomic E-state index is 0.0441. The fourth-order valence-corrected chi connectivity index (χ4v) is 0.774. The van der Waals surface area contributed by atoms with Gasteiger partial charge in [0.25, 0.3) is 6.02 Å². The summed E-state index contributed by atoms with van der Waals surface area (Å²) in [6, 6.07) is -0.0258. The van der Waals surface area contributed by atoms with E-state index in [1.807, 2.05) is 6.92 Å². The maximum atomic E-state index is 11.9. The number of halogens is 1. The van der Waals surface area contributed by atoms with Gasteiger partial charge in [-0.05, 0) is 13.0 Å². The summed E-state index contributed by atoms with van der Waals surface area (Å²) in [7, 11) is 0. The molecule has 1 rings (SSSR count). The Morgan fingerprint density at radius 1 is 1.90 bits per heavy atom. The normalized spacial score (nSPS) is 24.8. The van der Waals surface area contributed by atoms with Crippen LogP contribution in [0.4, 0.5) is 4.39 Å². The van der Waals surface area contributed by atoms with E-state index >= 15 is 0 Å². The predicted octanol–water partition coefficient (Wildman–Crippen LogP) is 0.573. The Kier molecular flexibility index (Phi) is 1.89. The Morgan fingerprint density at radius 3 is 3.10 bits per heavy atom. The molecule has 0 bridgehead atoms. The van der Waals surface area contributed by atoms with Gasteiger partial charge in [0.1, 0.15) is 12.4 Å². The van der Waals surface area contributed by atoms with Crippen LogP contribution >= 0.6 is 0 Å². The van der Waals surface area contributed by atoms with Crippen molar-refractivity contribution in [1.82, 2.24) is 0 Å². The fourth-order valence-electron chi connectivity index (χ4n) is 0.774. The molecular formula is C6H9FN2O. The van der Waals surface area contributed by atoms with Gasteiger partial charge in [-0.3, -0.25) is 0 Å². The Labute approximate surface area is 58.4 Å². The molecule has 0 aromatic heterocycles. The van der Waals surface area contributed by atoms with Crippen molar-refractivity contribution in [2.75, 3.05) is 6.67 Å². The molecule has 0 spiro atoms. The number of hydrogen-bond donors (Lipinski definition) is 1. The highest BCUT2D eigenvalue weighted by Crippen LogP contribution is 2.08. The van der Waals surface area contributed by atoms with Gasteiger partial charge in [-0.25, -0.2) is 9.38 Å². The van der Waals surface area contributed by atoms with Crippen LogP contribution in [0.15, 0.2) is 16.8 Å². The second-order valence-corrected chi connectivity index (χ2v) is 2.08. The number of aliphatic imine (C=N–C) groups is 1. The second-order valence-electron chi connectivity index (χ2n) is 2.08. The molecule has 2 N–H and O–H groups in total. The standard InChI is InChI=1S/C6H9FN2O/c1-4-2-5(3-7)10-6(8)9-4/h2,4H,3H2,1H3,(H2,8,9). The minimum Gasteiger partial charge on any atom is -0.428 e. The molecule has 0 saturated heterocycles. The maximum Gasteiger partial charge on any atom is 0.287 e. The Bertz CT molecular complexity index is 188. The van der Waals surface area contributed by atoms with Crippen LogP contribution in [0.5, 0.6) is 0 Å². The molecule has 1 unspecified atom stereocenters. The van der Waals surface area contributed by atoms with Gasteiger partial charge in [0.05, 0.1) is 6.04 Å². The van der Waals surface area contributed by atoms with E-state index in [0.29, 0.717) is 0 Å². The minimum atomic E-state index is -0.624. The number of hydrogen-bond acceptors (Lipinski definition) is 3. The van der Waals surface area contributed by atoms with E-state index < -0.39 is 6.67 Å². The molecule has 0 aliphatic carbocycles. The number of nitrogens with two attached hydrogens (primary N) is 1. The number of nitrogens with zero attached hydrogens (tertiary/aromatic N) is 1. The average molecular weight is 144 g/mol. The first-order valence-electron chi connectivity index (χ1n) is 3.00. The highest BCUT2D eigenvalue weighted by molar-refractivity contribution is 5.73. The molecule has 0 aromatic rings. The van der Waals surface area contributed by atoms with Crippen molar-refractivity contribution in [1.29, 1.82) is 0 Å². The third-order valence-electron chi connectivity index (χ3n) is 1.13. The van der Waals surface area contributed by atoms with Crippen LogP contribution in [-0.4, -0.2) is 18.7 Å². The van der Waals surface area contributed by atoms with E-state index in [1.54, 1.807) is 6.08 Å². The summed E-state index contributed by atoms with van der Waals surface area (Å²) in [5.41, 5.74) is 5.21. The fraction of sp³-hybridized carbons (Fsp3) is 0.500. The zero-order chi connectivity index (χ0) is 7.56. The summed E-state index contributed by atoms with van der Waals surface area (Å²) in [6.07, 6.45) is 1.59. The van der Waals surface area contributed by atoms with Gasteiger partial charge in [0.15, 0.2) is 0 Å². The monoisotopic (exact) mass is 144 g/mol. The highest BCUT2D eigenvalue weighted by Gasteiger charge is 2.10. The van der Waals surface area contributed by atoms with Crippen LogP contribution in [0, 0.1) is 0 Å². The van der Waals surface area contributed by atoms with Crippen molar-refractivity contribution in [3.05, 3.63) is 11.8 Å². The van der Waals surface area contributed by atoms with E-state index in [2.05, 4.69) is 4.99 Å². The van der Waals surface area contributed by atoms with Crippen molar-refractivity contribution in [2.45, 2.75) is 13.0 Å². The van der Waals surface area contributed by atoms with Gasteiger partial charge in [-0.1, -0.05) is 0 Å². The molecule has 0 saturated carbocycles. The third kappa shape index (κ3) is 1.46. The molecular weight excluding hydrogens is 135 g/mol. The molecule has 0 radical (unpaired) electrons. The van der Waals surface area contributed by atoms with E-state index in [4.69, 9.17) is 10.5 Å². The zero-order valence-corrected chi connectivity index (χ0v) is 5.67. The van der Waals surface area contributed by atoms with Gasteiger partial charge in [-0.2, -0.15) is 0 Å². The van der Waals surface area contributed by atoms with Gasteiger partial charge in [-0.15, -0.1) is 0 Å². The summed E-state index contributed by atoms with van der Waals surface area (Å²) in [6.45, 7) is 1.19. The summed E-state index contributed by atoms with van der Waals surface area (Å²) in [4.78, 5) is 3.81. The average Bonchev–Trinajstić information content (AvgIpc) is 1.85.